The van der Waals surface area contributed by atoms with E-state index in [0.717, 1.165) is 12.8 Å². The molecule has 1 unspecified atom stereocenters. The maximum atomic E-state index is 4.76. The second-order valence-electron chi connectivity index (χ2n) is 1.81. The summed E-state index contributed by atoms with van der Waals surface area (Å²) in [6.45, 7) is 4.04. The zero-order valence-electron chi connectivity index (χ0n) is 5.42. The molecular formula is C5H11BNO. The molecule has 0 spiro atoms. The molecule has 0 aliphatic carbocycles. The van der Waals surface area contributed by atoms with Crippen LogP contribution in [0.2, 0.25) is 0 Å². The summed E-state index contributed by atoms with van der Waals surface area (Å²) >= 11 is 0. The summed E-state index contributed by atoms with van der Waals surface area (Å²) in [7, 11) is 4.76. The molecule has 45 valence electrons. The topological polar surface area (TPSA) is 21.6 Å². The molecule has 3 heteroatoms. The molecule has 0 fully saturated rings. The predicted molar refractivity (Wildman–Crippen MR) is 33.6 cm³/mol. The number of hydrogen-bond acceptors (Lipinski definition) is 2. The van der Waals surface area contributed by atoms with Gasteiger partial charge in [-0.15, -0.1) is 0 Å². The van der Waals surface area contributed by atoms with Gasteiger partial charge in [-0.05, 0) is 0 Å². The van der Waals surface area contributed by atoms with Crippen LogP contribution >= 0.6 is 0 Å². The van der Waals surface area contributed by atoms with E-state index >= 15 is 0 Å². The van der Waals surface area contributed by atoms with Gasteiger partial charge < -0.3 is 0 Å². The van der Waals surface area contributed by atoms with Crippen molar-refractivity contribution in [3.63, 3.8) is 0 Å². The van der Waals surface area contributed by atoms with Crippen LogP contribution in [0.4, 0.5) is 0 Å². The average molecular weight is 112 g/mol. The van der Waals surface area contributed by atoms with Crippen LogP contribution in [0.1, 0.15) is 26.7 Å². The Morgan fingerprint density at radius 3 is 2.75 bits per heavy atom. The molecule has 8 heavy (non-hydrogen) atoms. The molecule has 0 aliphatic rings. The Morgan fingerprint density at radius 2 is 2.38 bits per heavy atom. The molecular weight excluding hydrogens is 101 g/mol. The van der Waals surface area contributed by atoms with Gasteiger partial charge in [-0.25, -0.2) is 0 Å². The third-order valence-corrected chi connectivity index (χ3v) is 0.936. The first-order valence-electron chi connectivity index (χ1n) is 2.87. The first-order valence-corrected chi connectivity index (χ1v) is 2.87. The van der Waals surface area contributed by atoms with Crippen molar-refractivity contribution < 1.29 is 4.84 Å². The number of rotatable bonds is 4. The summed E-state index contributed by atoms with van der Waals surface area (Å²) in [5, 5.41) is 3.05. The van der Waals surface area contributed by atoms with E-state index in [2.05, 4.69) is 16.8 Å². The number of hydrogen-bond donors (Lipinski definition) is 0. The summed E-state index contributed by atoms with van der Waals surface area (Å²) in [6.07, 6.45) is 2.29. The molecule has 0 aliphatic heterocycles. The molecule has 0 N–H and O–H groups in total. The van der Waals surface area contributed by atoms with Crippen molar-refractivity contribution in [1.82, 2.24) is 0 Å². The normalized spacial score (nSPS) is 12.6. The van der Waals surface area contributed by atoms with Crippen LogP contribution in [0.3, 0.4) is 0 Å². The van der Waals surface area contributed by atoms with Gasteiger partial charge in [0, 0.05) is 0 Å². The molecule has 0 saturated heterocycles. The van der Waals surface area contributed by atoms with Gasteiger partial charge in [0.15, 0.2) is 0 Å². The predicted octanol–water partition coefficient (Wildman–Crippen LogP) is 1.46. The quantitative estimate of drug-likeness (QED) is 0.398. The van der Waals surface area contributed by atoms with Gasteiger partial charge in [-0.1, -0.05) is 0 Å². The minimum atomic E-state index is 0.171. The molecule has 0 bridgehead atoms. The summed E-state index contributed by atoms with van der Waals surface area (Å²) < 4.78 is 0. The Labute approximate surface area is 51.3 Å². The van der Waals surface area contributed by atoms with E-state index in [0.29, 0.717) is 0 Å². The monoisotopic (exact) mass is 112 g/mol. The second-order valence-corrected chi connectivity index (χ2v) is 1.81. The molecule has 1 radical (unpaired) electrons. The van der Waals surface area contributed by atoms with Crippen molar-refractivity contribution in [3.05, 3.63) is 0 Å². The van der Waals surface area contributed by atoms with E-state index in [1.165, 1.54) is 0 Å². The van der Waals surface area contributed by atoms with Crippen LogP contribution in [0.15, 0.2) is 5.06 Å². The average Bonchev–Trinajstić information content (AvgIpc) is 1.68. The van der Waals surface area contributed by atoms with Crippen LogP contribution < -0.4 is 0 Å². The Hall–Kier alpha value is -0.335. The zero-order valence-corrected chi connectivity index (χ0v) is 5.42. The standard InChI is InChI=1S/C5H11BNO/c1-3-4-5(2)8-7-6/h5H,3-4H2,1-2H3. The van der Waals surface area contributed by atoms with E-state index in [9.17, 15) is 0 Å². The van der Waals surface area contributed by atoms with Crippen molar-refractivity contribution in [2.45, 2.75) is 32.8 Å². The third kappa shape index (κ3) is 3.84. The first-order chi connectivity index (χ1) is 3.81. The van der Waals surface area contributed by atoms with Crippen molar-refractivity contribution in [2.24, 2.45) is 5.06 Å². The fourth-order valence-corrected chi connectivity index (χ4v) is 0.563. The van der Waals surface area contributed by atoms with Gasteiger partial charge in [-0.3, -0.25) is 0 Å². The summed E-state index contributed by atoms with van der Waals surface area (Å²) in [6, 6.07) is 0. The minimum absolute atomic E-state index is 0.171. The molecule has 0 aromatic rings. The number of nitrogens with zero attached hydrogens (tertiary/aromatic N) is 1. The van der Waals surface area contributed by atoms with Crippen molar-refractivity contribution in [2.75, 3.05) is 0 Å². The second kappa shape index (κ2) is 4.81. The van der Waals surface area contributed by atoms with Gasteiger partial charge >= 0.3 is 50.3 Å². The van der Waals surface area contributed by atoms with Crippen molar-refractivity contribution >= 4 is 7.64 Å². The molecule has 0 heterocycles. The molecule has 2 nitrogen and oxygen atoms in total. The molecule has 0 amide bonds. The van der Waals surface area contributed by atoms with Gasteiger partial charge in [-0.2, -0.15) is 0 Å². The van der Waals surface area contributed by atoms with Gasteiger partial charge in [0.05, 0.1) is 0 Å². The molecule has 0 aromatic carbocycles. The zero-order chi connectivity index (χ0) is 6.41. The summed E-state index contributed by atoms with van der Waals surface area (Å²) in [5.74, 6) is 0. The van der Waals surface area contributed by atoms with E-state index in [1.807, 2.05) is 6.92 Å². The molecule has 0 aromatic heterocycles. The molecule has 1 atom stereocenters. The molecule has 0 saturated carbocycles. The Bertz CT molecular complexity index is 67.4. The van der Waals surface area contributed by atoms with Gasteiger partial charge in [0.2, 0.25) is 0 Å². The molecule has 0 rings (SSSR count). The van der Waals surface area contributed by atoms with Crippen LogP contribution in [0, 0.1) is 0 Å². The van der Waals surface area contributed by atoms with Crippen molar-refractivity contribution in [3.8, 4) is 0 Å². The fraction of sp³-hybridized carbons (Fsp3) is 1.00. The maximum absolute atomic E-state index is 4.76. The fourth-order valence-electron chi connectivity index (χ4n) is 0.563. The SMILES string of the molecule is [B]=NOC(C)CCC. The van der Waals surface area contributed by atoms with E-state index in [-0.39, 0.29) is 6.10 Å². The van der Waals surface area contributed by atoms with Gasteiger partial charge in [0.1, 0.15) is 0 Å². The van der Waals surface area contributed by atoms with Crippen molar-refractivity contribution in [1.29, 1.82) is 0 Å². The summed E-state index contributed by atoms with van der Waals surface area (Å²) in [4.78, 5) is 4.69. The van der Waals surface area contributed by atoms with Crippen LogP contribution in [-0.4, -0.2) is 13.7 Å². The summed E-state index contributed by atoms with van der Waals surface area (Å²) in [5.41, 5.74) is 0. The Kier molecular flexibility index (Phi) is 4.61. The Morgan fingerprint density at radius 1 is 1.75 bits per heavy atom. The van der Waals surface area contributed by atoms with E-state index in [1.54, 1.807) is 0 Å². The Balaban J connectivity index is 3.03. The van der Waals surface area contributed by atoms with Crippen LogP contribution in [-0.2, 0) is 4.84 Å². The first kappa shape index (κ1) is 7.66. The van der Waals surface area contributed by atoms with E-state index < -0.39 is 0 Å². The third-order valence-electron chi connectivity index (χ3n) is 0.936. The van der Waals surface area contributed by atoms with Gasteiger partial charge in [0.25, 0.3) is 0 Å². The van der Waals surface area contributed by atoms with Crippen LogP contribution in [0.25, 0.3) is 0 Å². The van der Waals surface area contributed by atoms with E-state index in [4.69, 9.17) is 7.64 Å². The van der Waals surface area contributed by atoms with Crippen LogP contribution in [0.5, 0.6) is 0 Å².